The van der Waals surface area contributed by atoms with Crippen LogP contribution in [0.2, 0.25) is 0 Å². The third-order valence-corrected chi connectivity index (χ3v) is 2.33. The van der Waals surface area contributed by atoms with Gasteiger partial charge in [0.25, 0.3) is 0 Å². The number of carboxylic acid groups (broad SMARTS) is 1. The smallest absolute Gasteiger partial charge is 0.333 e. The summed E-state index contributed by atoms with van der Waals surface area (Å²) in [4.78, 5) is 20.8. The number of carboxylic acids is 1. The average Bonchev–Trinajstić information content (AvgIpc) is 3.20. The van der Waals surface area contributed by atoms with Gasteiger partial charge in [-0.15, -0.1) is 0 Å². The second-order valence-electron chi connectivity index (χ2n) is 4.40. The Kier molecular flexibility index (Phi) is 5.72. The molecule has 0 aliphatic carbocycles. The number of rotatable bonds is 6. The molecule has 2 aliphatic heterocycles. The van der Waals surface area contributed by atoms with Gasteiger partial charge in [0.2, 0.25) is 0 Å². The summed E-state index contributed by atoms with van der Waals surface area (Å²) < 4.78 is 14.4. The van der Waals surface area contributed by atoms with Crippen LogP contribution in [-0.2, 0) is 23.8 Å². The summed E-state index contributed by atoms with van der Waals surface area (Å²) in [6.45, 7) is 10.2. The summed E-state index contributed by atoms with van der Waals surface area (Å²) >= 11 is 0. The molecule has 1 N–H and O–H groups in total. The summed E-state index contributed by atoms with van der Waals surface area (Å²) in [5.41, 5.74) is 0.665. The molecule has 19 heavy (non-hydrogen) atoms. The zero-order valence-corrected chi connectivity index (χ0v) is 10.9. The van der Waals surface area contributed by atoms with E-state index < -0.39 is 5.97 Å². The van der Waals surface area contributed by atoms with Crippen LogP contribution in [0.1, 0.15) is 13.3 Å². The number of ether oxygens (including phenoxy) is 3. The second kappa shape index (κ2) is 7.06. The summed E-state index contributed by atoms with van der Waals surface area (Å²) in [6, 6.07) is 0. The van der Waals surface area contributed by atoms with Gasteiger partial charge in [0.05, 0.1) is 19.3 Å². The van der Waals surface area contributed by atoms with E-state index in [1.54, 1.807) is 6.92 Å². The SMILES string of the molecule is C=C(C)C(=O)OCC1CO1.C=C(CC1CO1)C(=O)O. The van der Waals surface area contributed by atoms with E-state index in [0.717, 1.165) is 0 Å². The van der Waals surface area contributed by atoms with Crippen LogP contribution in [0.15, 0.2) is 24.3 Å². The van der Waals surface area contributed by atoms with Crippen LogP contribution in [0, 0.1) is 0 Å². The van der Waals surface area contributed by atoms with E-state index in [2.05, 4.69) is 13.2 Å². The van der Waals surface area contributed by atoms with Crippen molar-refractivity contribution in [1.82, 2.24) is 0 Å². The van der Waals surface area contributed by atoms with E-state index in [9.17, 15) is 9.59 Å². The molecule has 2 rings (SSSR count). The lowest BCUT2D eigenvalue weighted by Crippen LogP contribution is -2.09. The first kappa shape index (κ1) is 15.4. The Bertz CT molecular complexity index is 379. The number of epoxide rings is 2. The first-order valence-electron chi connectivity index (χ1n) is 5.87. The van der Waals surface area contributed by atoms with Crippen LogP contribution in [0.5, 0.6) is 0 Å². The molecule has 0 aromatic carbocycles. The van der Waals surface area contributed by atoms with Crippen LogP contribution >= 0.6 is 0 Å². The van der Waals surface area contributed by atoms with E-state index in [0.29, 0.717) is 31.8 Å². The Balaban J connectivity index is 0.000000191. The zero-order chi connectivity index (χ0) is 14.4. The lowest BCUT2D eigenvalue weighted by Gasteiger charge is -1.99. The molecule has 2 unspecified atom stereocenters. The average molecular weight is 270 g/mol. The number of hydrogen-bond acceptors (Lipinski definition) is 5. The van der Waals surface area contributed by atoms with Crippen molar-refractivity contribution in [1.29, 1.82) is 0 Å². The monoisotopic (exact) mass is 270 g/mol. The number of carbonyl (C=O) groups is 2. The highest BCUT2D eigenvalue weighted by Gasteiger charge is 2.25. The number of esters is 1. The fraction of sp³-hybridized carbons (Fsp3) is 0.538. The molecule has 0 spiro atoms. The van der Waals surface area contributed by atoms with E-state index in [1.807, 2.05) is 0 Å². The van der Waals surface area contributed by atoms with E-state index in [4.69, 9.17) is 19.3 Å². The Morgan fingerprint density at radius 3 is 2.16 bits per heavy atom. The molecule has 2 fully saturated rings. The Morgan fingerprint density at radius 1 is 1.26 bits per heavy atom. The fourth-order valence-electron chi connectivity index (χ4n) is 1.00. The fourth-order valence-corrected chi connectivity index (χ4v) is 1.00. The second-order valence-corrected chi connectivity index (χ2v) is 4.40. The predicted molar refractivity (Wildman–Crippen MR) is 66.6 cm³/mol. The minimum atomic E-state index is -0.925. The molecule has 106 valence electrons. The summed E-state index contributed by atoms with van der Waals surface area (Å²) in [6.07, 6.45) is 0.742. The molecule has 2 saturated heterocycles. The molecule has 6 heteroatoms. The van der Waals surface area contributed by atoms with Crippen LogP contribution in [0.4, 0.5) is 0 Å². The minimum Gasteiger partial charge on any atom is -0.478 e. The third kappa shape index (κ3) is 7.38. The van der Waals surface area contributed by atoms with Gasteiger partial charge in [0, 0.05) is 17.6 Å². The molecular weight excluding hydrogens is 252 g/mol. The minimum absolute atomic E-state index is 0.133. The van der Waals surface area contributed by atoms with Gasteiger partial charge in [-0.2, -0.15) is 0 Å². The first-order chi connectivity index (χ1) is 8.90. The molecule has 0 aromatic heterocycles. The lowest BCUT2D eigenvalue weighted by molar-refractivity contribution is -0.139. The molecule has 0 amide bonds. The van der Waals surface area contributed by atoms with E-state index >= 15 is 0 Å². The predicted octanol–water partition coefficient (Wildman–Crippen LogP) is 0.921. The van der Waals surface area contributed by atoms with Crippen molar-refractivity contribution >= 4 is 11.9 Å². The normalized spacial score (nSPS) is 22.6. The zero-order valence-electron chi connectivity index (χ0n) is 10.9. The molecule has 0 aromatic rings. The van der Waals surface area contributed by atoms with Crippen molar-refractivity contribution in [3.05, 3.63) is 24.3 Å². The first-order valence-corrected chi connectivity index (χ1v) is 5.87. The van der Waals surface area contributed by atoms with Gasteiger partial charge in [0.1, 0.15) is 12.7 Å². The van der Waals surface area contributed by atoms with Crippen molar-refractivity contribution in [2.75, 3.05) is 19.8 Å². The maximum absolute atomic E-state index is 10.7. The maximum atomic E-state index is 10.7. The van der Waals surface area contributed by atoms with Gasteiger partial charge in [-0.1, -0.05) is 13.2 Å². The third-order valence-electron chi connectivity index (χ3n) is 2.33. The van der Waals surface area contributed by atoms with Crippen LogP contribution in [-0.4, -0.2) is 49.1 Å². The van der Waals surface area contributed by atoms with Crippen molar-refractivity contribution in [3.8, 4) is 0 Å². The molecule has 0 radical (unpaired) electrons. The number of aliphatic carboxylic acids is 1. The van der Waals surface area contributed by atoms with E-state index in [-0.39, 0.29) is 23.8 Å². The van der Waals surface area contributed by atoms with Crippen molar-refractivity contribution in [3.63, 3.8) is 0 Å². The maximum Gasteiger partial charge on any atom is 0.333 e. The summed E-state index contributed by atoms with van der Waals surface area (Å²) in [7, 11) is 0. The molecular formula is C13H18O6. The van der Waals surface area contributed by atoms with Crippen LogP contribution in [0.3, 0.4) is 0 Å². The quantitative estimate of drug-likeness (QED) is 0.438. The van der Waals surface area contributed by atoms with Gasteiger partial charge >= 0.3 is 11.9 Å². The van der Waals surface area contributed by atoms with Gasteiger partial charge in [-0.05, 0) is 6.92 Å². The van der Waals surface area contributed by atoms with Crippen LogP contribution < -0.4 is 0 Å². The molecule has 0 bridgehead atoms. The standard InChI is InChI=1S/C7H10O3.C6H8O3/c1-5(2)7(8)10-4-6-3-9-6;1-4(6(7)8)2-5-3-9-5/h6H,1,3-4H2,2H3;5H,1-3H2,(H,7,8). The molecule has 2 aliphatic rings. The van der Waals surface area contributed by atoms with Crippen molar-refractivity contribution in [2.45, 2.75) is 25.6 Å². The number of carbonyl (C=O) groups excluding carboxylic acids is 1. The highest BCUT2D eigenvalue weighted by atomic mass is 16.6. The van der Waals surface area contributed by atoms with Crippen molar-refractivity contribution < 1.29 is 28.9 Å². The summed E-state index contributed by atoms with van der Waals surface area (Å²) in [5, 5.41) is 8.30. The Morgan fingerprint density at radius 2 is 1.79 bits per heavy atom. The van der Waals surface area contributed by atoms with Crippen molar-refractivity contribution in [2.24, 2.45) is 0 Å². The highest BCUT2D eigenvalue weighted by molar-refractivity contribution is 5.87. The Hall–Kier alpha value is -1.66. The van der Waals surface area contributed by atoms with E-state index in [1.165, 1.54) is 0 Å². The van der Waals surface area contributed by atoms with Gasteiger partial charge in [0.15, 0.2) is 0 Å². The number of hydrogen-bond donors (Lipinski definition) is 1. The molecule has 0 saturated carbocycles. The molecule has 2 atom stereocenters. The molecule has 2 heterocycles. The van der Waals surface area contributed by atoms with Gasteiger partial charge < -0.3 is 19.3 Å². The largest absolute Gasteiger partial charge is 0.478 e. The Labute approximate surface area is 111 Å². The molecule has 6 nitrogen and oxygen atoms in total. The van der Waals surface area contributed by atoms with Gasteiger partial charge in [-0.3, -0.25) is 0 Å². The van der Waals surface area contributed by atoms with Gasteiger partial charge in [-0.25, -0.2) is 9.59 Å². The lowest BCUT2D eigenvalue weighted by atomic mass is 10.2. The summed E-state index contributed by atoms with van der Waals surface area (Å²) in [5.74, 6) is -1.26. The van der Waals surface area contributed by atoms with Crippen LogP contribution in [0.25, 0.3) is 0 Å². The topological polar surface area (TPSA) is 88.7 Å². The highest BCUT2D eigenvalue weighted by Crippen LogP contribution is 2.17.